The number of nitrogens with two attached hydrogens (primary N) is 1. The lowest BCUT2D eigenvalue weighted by molar-refractivity contribution is 0.621. The number of imidazole rings is 1. The Morgan fingerprint density at radius 3 is 2.78 bits per heavy atom. The molecule has 18 heavy (non-hydrogen) atoms. The van der Waals surface area contributed by atoms with Crippen LogP contribution in [0.5, 0.6) is 0 Å². The molecule has 0 bridgehead atoms. The molecule has 0 aliphatic heterocycles. The van der Waals surface area contributed by atoms with Gasteiger partial charge in [-0.2, -0.15) is 0 Å². The fourth-order valence-corrected chi connectivity index (χ4v) is 1.87. The van der Waals surface area contributed by atoms with Crippen molar-refractivity contribution in [1.29, 1.82) is 0 Å². The summed E-state index contributed by atoms with van der Waals surface area (Å²) in [4.78, 5) is 6.12. The third-order valence-corrected chi connectivity index (χ3v) is 2.77. The number of hydrogen-bond acceptors (Lipinski definition) is 3. The first-order chi connectivity index (χ1) is 8.74. The van der Waals surface area contributed by atoms with E-state index in [0.717, 1.165) is 6.42 Å². The zero-order valence-electron chi connectivity index (χ0n) is 10.4. The number of hydrogen-bond donors (Lipinski definition) is 1. The molecule has 5 heteroatoms. The van der Waals surface area contributed by atoms with Crippen LogP contribution in [0.15, 0.2) is 36.7 Å². The van der Waals surface area contributed by atoms with Gasteiger partial charge in [-0.3, -0.25) is 0 Å². The molecule has 1 aromatic heterocycles. The normalized spacial score (nSPS) is 10.6. The monoisotopic (exact) mass is 248 g/mol. The summed E-state index contributed by atoms with van der Waals surface area (Å²) in [7, 11) is 1.89. The first-order valence-electron chi connectivity index (χ1n) is 5.93. The van der Waals surface area contributed by atoms with Gasteiger partial charge in [-0.25, -0.2) is 9.37 Å². The first kappa shape index (κ1) is 12.6. The number of aromatic nitrogens is 2. The van der Waals surface area contributed by atoms with Gasteiger partial charge in [0.05, 0.1) is 5.69 Å². The Bertz CT molecular complexity index is 509. The molecule has 4 nitrogen and oxygen atoms in total. The van der Waals surface area contributed by atoms with Crippen LogP contribution in [-0.2, 0) is 7.05 Å². The van der Waals surface area contributed by atoms with E-state index in [-0.39, 0.29) is 5.82 Å². The third kappa shape index (κ3) is 2.51. The molecular weight excluding hydrogens is 231 g/mol. The second-order valence-electron chi connectivity index (χ2n) is 4.08. The minimum atomic E-state index is -0.252. The van der Waals surface area contributed by atoms with E-state index < -0.39 is 0 Å². The van der Waals surface area contributed by atoms with E-state index >= 15 is 0 Å². The molecule has 0 unspecified atom stereocenters. The molecular formula is C13H17FN4. The van der Waals surface area contributed by atoms with Crippen LogP contribution >= 0.6 is 0 Å². The van der Waals surface area contributed by atoms with Gasteiger partial charge in [0.15, 0.2) is 0 Å². The third-order valence-electron chi connectivity index (χ3n) is 2.77. The summed E-state index contributed by atoms with van der Waals surface area (Å²) in [6.45, 7) is 1.21. The predicted molar refractivity (Wildman–Crippen MR) is 70.3 cm³/mol. The van der Waals surface area contributed by atoms with Gasteiger partial charge in [-0.05, 0) is 25.1 Å². The summed E-state index contributed by atoms with van der Waals surface area (Å²) in [5.74, 6) is 0.464. The number of rotatable bonds is 5. The lowest BCUT2D eigenvalue weighted by atomic mass is 10.2. The molecule has 0 saturated heterocycles. The molecule has 0 amide bonds. The van der Waals surface area contributed by atoms with E-state index in [2.05, 4.69) is 4.98 Å². The lowest BCUT2D eigenvalue weighted by Crippen LogP contribution is -2.24. The van der Waals surface area contributed by atoms with Gasteiger partial charge in [0.25, 0.3) is 0 Å². The summed E-state index contributed by atoms with van der Waals surface area (Å²) in [6.07, 6.45) is 4.32. The van der Waals surface area contributed by atoms with Crippen LogP contribution in [0, 0.1) is 5.82 Å². The second-order valence-corrected chi connectivity index (χ2v) is 4.08. The molecule has 2 aromatic rings. The summed E-state index contributed by atoms with van der Waals surface area (Å²) in [5, 5.41) is 0. The maximum absolute atomic E-state index is 13.9. The average molecular weight is 248 g/mol. The minimum Gasteiger partial charge on any atom is -0.330 e. The minimum absolute atomic E-state index is 0.252. The Morgan fingerprint density at radius 2 is 2.17 bits per heavy atom. The van der Waals surface area contributed by atoms with Crippen LogP contribution in [0.4, 0.5) is 16.0 Å². The topological polar surface area (TPSA) is 47.1 Å². The van der Waals surface area contributed by atoms with Gasteiger partial charge in [-0.1, -0.05) is 12.1 Å². The largest absolute Gasteiger partial charge is 0.330 e. The Morgan fingerprint density at radius 1 is 1.39 bits per heavy atom. The highest BCUT2D eigenvalue weighted by molar-refractivity contribution is 5.58. The van der Waals surface area contributed by atoms with Crippen molar-refractivity contribution in [3.8, 4) is 0 Å². The molecule has 1 heterocycles. The Hall–Kier alpha value is -1.88. The highest BCUT2D eigenvalue weighted by Crippen LogP contribution is 2.26. The Kier molecular flexibility index (Phi) is 3.94. The lowest BCUT2D eigenvalue weighted by Gasteiger charge is -2.24. The summed E-state index contributed by atoms with van der Waals surface area (Å²) < 4.78 is 15.7. The second kappa shape index (κ2) is 5.64. The summed E-state index contributed by atoms with van der Waals surface area (Å²) in [5.41, 5.74) is 6.06. The number of nitrogens with zero attached hydrogens (tertiary/aromatic N) is 3. The quantitative estimate of drug-likeness (QED) is 0.881. The van der Waals surface area contributed by atoms with Crippen molar-refractivity contribution in [3.05, 3.63) is 42.5 Å². The number of anilines is 2. The highest BCUT2D eigenvalue weighted by atomic mass is 19.1. The molecule has 0 aliphatic carbocycles. The van der Waals surface area contributed by atoms with Gasteiger partial charge in [0.2, 0.25) is 5.95 Å². The summed E-state index contributed by atoms with van der Waals surface area (Å²) in [6, 6.07) is 6.70. The van der Waals surface area contributed by atoms with E-state index in [0.29, 0.717) is 24.7 Å². The summed E-state index contributed by atoms with van der Waals surface area (Å²) >= 11 is 0. The number of benzene rings is 1. The highest BCUT2D eigenvalue weighted by Gasteiger charge is 2.16. The zero-order chi connectivity index (χ0) is 13.0. The molecule has 0 aliphatic rings. The van der Waals surface area contributed by atoms with Gasteiger partial charge in [0, 0.05) is 26.0 Å². The predicted octanol–water partition coefficient (Wildman–Crippen LogP) is 2.05. The smallest absolute Gasteiger partial charge is 0.209 e. The van der Waals surface area contributed by atoms with Crippen LogP contribution < -0.4 is 10.6 Å². The van der Waals surface area contributed by atoms with Crippen molar-refractivity contribution in [2.24, 2.45) is 12.8 Å². The van der Waals surface area contributed by atoms with Gasteiger partial charge >= 0.3 is 0 Å². The van der Waals surface area contributed by atoms with Crippen LogP contribution in [0.3, 0.4) is 0 Å². The molecule has 2 N–H and O–H groups in total. The molecule has 2 rings (SSSR count). The van der Waals surface area contributed by atoms with Gasteiger partial charge in [-0.15, -0.1) is 0 Å². The maximum Gasteiger partial charge on any atom is 0.209 e. The fourth-order valence-electron chi connectivity index (χ4n) is 1.87. The fraction of sp³-hybridized carbons (Fsp3) is 0.308. The molecule has 0 spiro atoms. The van der Waals surface area contributed by atoms with Crippen molar-refractivity contribution in [2.45, 2.75) is 6.42 Å². The molecule has 96 valence electrons. The van der Waals surface area contributed by atoms with E-state index in [4.69, 9.17) is 5.73 Å². The molecule has 0 radical (unpaired) electrons. The molecule has 0 saturated carbocycles. The molecule has 1 aromatic carbocycles. The van der Waals surface area contributed by atoms with E-state index in [1.807, 2.05) is 28.8 Å². The number of halogens is 1. The van der Waals surface area contributed by atoms with Crippen LogP contribution in [0.25, 0.3) is 0 Å². The van der Waals surface area contributed by atoms with Crippen LogP contribution in [-0.4, -0.2) is 22.6 Å². The van der Waals surface area contributed by atoms with E-state index in [9.17, 15) is 4.39 Å². The molecule has 0 atom stereocenters. The van der Waals surface area contributed by atoms with Crippen molar-refractivity contribution >= 4 is 11.6 Å². The van der Waals surface area contributed by atoms with Crippen LogP contribution in [0.2, 0.25) is 0 Å². The van der Waals surface area contributed by atoms with Crippen molar-refractivity contribution in [3.63, 3.8) is 0 Å². The number of aryl methyl sites for hydroxylation is 1. The SMILES string of the molecule is Cn1ccnc1N(CCCN)c1ccccc1F. The average Bonchev–Trinajstić information content (AvgIpc) is 2.78. The van der Waals surface area contributed by atoms with Gasteiger partial charge < -0.3 is 15.2 Å². The Balaban J connectivity index is 2.37. The van der Waals surface area contributed by atoms with Crippen molar-refractivity contribution in [2.75, 3.05) is 18.0 Å². The van der Waals surface area contributed by atoms with Gasteiger partial charge in [0.1, 0.15) is 5.82 Å². The standard InChI is InChI=1S/C13H17FN4/c1-17-10-8-16-13(17)18(9-4-7-15)12-6-3-2-5-11(12)14/h2-3,5-6,8,10H,4,7,9,15H2,1H3. The Labute approximate surface area is 106 Å². The van der Waals surface area contributed by atoms with E-state index in [1.54, 1.807) is 18.3 Å². The van der Waals surface area contributed by atoms with Crippen LogP contribution in [0.1, 0.15) is 6.42 Å². The van der Waals surface area contributed by atoms with Crippen molar-refractivity contribution in [1.82, 2.24) is 9.55 Å². The van der Waals surface area contributed by atoms with E-state index in [1.165, 1.54) is 6.07 Å². The molecule has 0 fully saturated rings. The maximum atomic E-state index is 13.9. The first-order valence-corrected chi connectivity index (χ1v) is 5.93. The van der Waals surface area contributed by atoms with Crippen molar-refractivity contribution < 1.29 is 4.39 Å². The zero-order valence-corrected chi connectivity index (χ0v) is 10.4. The number of para-hydroxylation sites is 1.